The summed E-state index contributed by atoms with van der Waals surface area (Å²) >= 11 is 4.95. The molecule has 0 amide bonds. The third-order valence-corrected chi connectivity index (χ3v) is 3.97. The van der Waals surface area contributed by atoms with Crippen molar-refractivity contribution in [2.75, 3.05) is 5.73 Å². The Morgan fingerprint density at radius 1 is 1.38 bits per heavy atom. The molecule has 0 aliphatic carbocycles. The number of nitrogen functional groups attached to an aromatic ring is 1. The molecule has 1 aromatic carbocycles. The number of alkyl halides is 1. The van der Waals surface area contributed by atoms with E-state index in [0.717, 1.165) is 20.3 Å². The van der Waals surface area contributed by atoms with E-state index in [0.29, 0.717) is 5.69 Å². The molecule has 2 aromatic rings. The monoisotopic (exact) mass is 259 g/mol. The van der Waals surface area contributed by atoms with Crippen LogP contribution in [0.3, 0.4) is 0 Å². The van der Waals surface area contributed by atoms with Gasteiger partial charge in [0.25, 0.3) is 0 Å². The molecule has 0 saturated carbocycles. The lowest BCUT2D eigenvalue weighted by Crippen LogP contribution is -1.85. The van der Waals surface area contributed by atoms with E-state index in [-0.39, 0.29) is 5.82 Å². The van der Waals surface area contributed by atoms with Crippen LogP contribution in [0.4, 0.5) is 10.1 Å². The fourth-order valence-corrected chi connectivity index (χ4v) is 2.68. The van der Waals surface area contributed by atoms with E-state index in [4.69, 9.17) is 5.73 Å². The van der Waals surface area contributed by atoms with Gasteiger partial charge in [-0.1, -0.05) is 15.9 Å². The van der Waals surface area contributed by atoms with Crippen LogP contribution in [0.5, 0.6) is 0 Å². The van der Waals surface area contributed by atoms with Gasteiger partial charge >= 0.3 is 0 Å². The maximum Gasteiger partial charge on any atom is 0.125 e. The highest BCUT2D eigenvalue weighted by Crippen LogP contribution is 2.32. The normalized spacial score (nSPS) is 10.9. The molecule has 1 aromatic heterocycles. The zero-order valence-corrected chi connectivity index (χ0v) is 9.08. The lowest BCUT2D eigenvalue weighted by atomic mass is 10.2. The second-order valence-corrected chi connectivity index (χ2v) is 4.46. The van der Waals surface area contributed by atoms with Gasteiger partial charge in [0, 0.05) is 10.2 Å². The number of anilines is 1. The summed E-state index contributed by atoms with van der Waals surface area (Å²) in [6.07, 6.45) is 0. The molecule has 1 nitrogen and oxygen atoms in total. The van der Waals surface area contributed by atoms with Crippen molar-refractivity contribution in [3.8, 4) is 0 Å². The summed E-state index contributed by atoms with van der Waals surface area (Å²) in [4.78, 5) is 1.16. The van der Waals surface area contributed by atoms with Crippen LogP contribution in [0.25, 0.3) is 10.1 Å². The molecule has 0 atom stereocenters. The zero-order valence-electron chi connectivity index (χ0n) is 6.68. The van der Waals surface area contributed by atoms with Gasteiger partial charge in [-0.25, -0.2) is 4.39 Å². The maximum absolute atomic E-state index is 12.9. The summed E-state index contributed by atoms with van der Waals surface area (Å²) < 4.78 is 13.9. The molecule has 0 aliphatic heterocycles. The number of fused-ring (bicyclic) bond motifs is 1. The van der Waals surface area contributed by atoms with Gasteiger partial charge in [0.15, 0.2) is 0 Å². The minimum Gasteiger partial charge on any atom is -0.397 e. The average molecular weight is 260 g/mol. The van der Waals surface area contributed by atoms with Crippen molar-refractivity contribution in [2.24, 2.45) is 0 Å². The van der Waals surface area contributed by atoms with Gasteiger partial charge in [0.1, 0.15) is 5.82 Å². The third kappa shape index (κ3) is 1.56. The van der Waals surface area contributed by atoms with E-state index >= 15 is 0 Å². The van der Waals surface area contributed by atoms with Crippen molar-refractivity contribution in [2.45, 2.75) is 5.33 Å². The molecule has 0 fully saturated rings. The van der Waals surface area contributed by atoms with Crippen LogP contribution >= 0.6 is 27.3 Å². The Labute approximate surface area is 87.5 Å². The van der Waals surface area contributed by atoms with E-state index < -0.39 is 0 Å². The van der Waals surface area contributed by atoms with Crippen LogP contribution in [-0.4, -0.2) is 0 Å². The van der Waals surface area contributed by atoms with E-state index in [1.54, 1.807) is 11.3 Å². The first-order valence-electron chi connectivity index (χ1n) is 3.74. The summed E-state index contributed by atoms with van der Waals surface area (Å²) in [5.74, 6) is -0.274. The molecule has 68 valence electrons. The van der Waals surface area contributed by atoms with Gasteiger partial charge in [-0.15, -0.1) is 11.3 Å². The summed E-state index contributed by atoms with van der Waals surface area (Å²) in [6.45, 7) is 0. The van der Waals surface area contributed by atoms with Gasteiger partial charge in [-0.05, 0) is 23.6 Å². The Balaban J connectivity index is 2.75. The number of hydrogen-bond acceptors (Lipinski definition) is 2. The second-order valence-electron chi connectivity index (χ2n) is 2.76. The largest absolute Gasteiger partial charge is 0.397 e. The summed E-state index contributed by atoms with van der Waals surface area (Å²) in [7, 11) is 0. The molecule has 0 aliphatic rings. The lowest BCUT2D eigenvalue weighted by Gasteiger charge is -1.94. The van der Waals surface area contributed by atoms with Crippen molar-refractivity contribution in [3.05, 3.63) is 28.9 Å². The fraction of sp³-hybridized carbons (Fsp3) is 0.111. The summed E-state index contributed by atoms with van der Waals surface area (Å²) in [5, 5.41) is 1.67. The molecule has 0 radical (unpaired) electrons. The van der Waals surface area contributed by atoms with Crippen LogP contribution < -0.4 is 5.73 Å². The van der Waals surface area contributed by atoms with Crippen molar-refractivity contribution in [3.63, 3.8) is 0 Å². The van der Waals surface area contributed by atoms with Crippen molar-refractivity contribution < 1.29 is 4.39 Å². The number of halogens is 2. The van der Waals surface area contributed by atoms with E-state index in [1.807, 2.05) is 6.07 Å². The van der Waals surface area contributed by atoms with Crippen molar-refractivity contribution in [1.82, 2.24) is 0 Å². The van der Waals surface area contributed by atoms with Crippen LogP contribution in [-0.2, 0) is 5.33 Å². The first-order valence-corrected chi connectivity index (χ1v) is 5.68. The number of hydrogen-bond donors (Lipinski definition) is 1. The highest BCUT2D eigenvalue weighted by Gasteiger charge is 2.05. The first kappa shape index (κ1) is 8.97. The summed E-state index contributed by atoms with van der Waals surface area (Å²) in [6, 6.07) is 4.82. The quantitative estimate of drug-likeness (QED) is 0.616. The van der Waals surface area contributed by atoms with Gasteiger partial charge in [-0.2, -0.15) is 0 Å². The Kier molecular flexibility index (Phi) is 2.26. The molecular formula is C9H7BrFNS. The first-order chi connectivity index (χ1) is 6.20. The second kappa shape index (κ2) is 3.27. The van der Waals surface area contributed by atoms with Crippen LogP contribution in [0.2, 0.25) is 0 Å². The minimum atomic E-state index is -0.274. The predicted molar refractivity (Wildman–Crippen MR) is 58.8 cm³/mol. The van der Waals surface area contributed by atoms with E-state index in [1.165, 1.54) is 12.1 Å². The van der Waals surface area contributed by atoms with E-state index in [9.17, 15) is 4.39 Å². The average Bonchev–Trinajstić information content (AvgIpc) is 2.47. The van der Waals surface area contributed by atoms with E-state index in [2.05, 4.69) is 15.9 Å². The number of rotatable bonds is 1. The fourth-order valence-electron chi connectivity index (χ4n) is 1.26. The predicted octanol–water partition coefficient (Wildman–Crippen LogP) is 3.52. The van der Waals surface area contributed by atoms with Gasteiger partial charge in [0.05, 0.1) is 10.4 Å². The summed E-state index contributed by atoms with van der Waals surface area (Å²) in [5.41, 5.74) is 6.20. The topological polar surface area (TPSA) is 26.0 Å². The number of nitrogens with two attached hydrogens (primary N) is 1. The number of thiophene rings is 1. The third-order valence-electron chi connectivity index (χ3n) is 1.79. The Bertz CT molecular complexity index is 452. The van der Waals surface area contributed by atoms with Crippen molar-refractivity contribution in [1.29, 1.82) is 0 Å². The smallest absolute Gasteiger partial charge is 0.125 e. The molecule has 0 spiro atoms. The molecular weight excluding hydrogens is 253 g/mol. The van der Waals surface area contributed by atoms with Crippen LogP contribution in [0.15, 0.2) is 18.2 Å². The van der Waals surface area contributed by atoms with Crippen LogP contribution in [0, 0.1) is 5.82 Å². The Morgan fingerprint density at radius 2 is 2.15 bits per heavy atom. The SMILES string of the molecule is Nc1cc(F)cc2cc(CBr)sc12. The molecule has 13 heavy (non-hydrogen) atoms. The minimum absolute atomic E-state index is 0.274. The highest BCUT2D eigenvalue weighted by molar-refractivity contribution is 9.08. The van der Waals surface area contributed by atoms with Crippen LogP contribution in [0.1, 0.15) is 4.88 Å². The Morgan fingerprint density at radius 3 is 2.85 bits per heavy atom. The van der Waals surface area contributed by atoms with Gasteiger partial charge < -0.3 is 5.73 Å². The zero-order chi connectivity index (χ0) is 9.42. The molecule has 2 N–H and O–H groups in total. The van der Waals surface area contributed by atoms with Crippen molar-refractivity contribution >= 4 is 43.0 Å². The molecule has 1 heterocycles. The maximum atomic E-state index is 12.9. The standard InChI is InChI=1S/C9H7BrFNS/c10-4-7-2-5-1-6(11)3-8(12)9(5)13-7/h1-3H,4,12H2. The molecule has 0 bridgehead atoms. The van der Waals surface area contributed by atoms with Gasteiger partial charge in [0.2, 0.25) is 0 Å². The van der Waals surface area contributed by atoms with Gasteiger partial charge in [-0.3, -0.25) is 0 Å². The molecule has 0 saturated heterocycles. The molecule has 0 unspecified atom stereocenters. The lowest BCUT2D eigenvalue weighted by molar-refractivity contribution is 0.630. The Hall–Kier alpha value is -0.610. The highest BCUT2D eigenvalue weighted by atomic mass is 79.9. The molecule has 2 rings (SSSR count). The molecule has 4 heteroatoms. The number of benzene rings is 1.